The van der Waals surface area contributed by atoms with Crippen LogP contribution < -0.4 is 0 Å². The van der Waals surface area contributed by atoms with Gasteiger partial charge in [0.05, 0.1) is 6.42 Å². The van der Waals surface area contributed by atoms with Crippen molar-refractivity contribution < 1.29 is 14.6 Å². The first kappa shape index (κ1) is 9.06. The zero-order chi connectivity index (χ0) is 10.1. The fraction of sp³-hybridized carbons (Fsp3) is 0.364. The van der Waals surface area contributed by atoms with Crippen molar-refractivity contribution in [3.05, 3.63) is 29.3 Å². The molecule has 74 valence electrons. The molecule has 0 saturated carbocycles. The molecule has 0 aromatic heterocycles. The molecule has 1 heterocycles. The van der Waals surface area contributed by atoms with Crippen LogP contribution in [0.4, 0.5) is 0 Å². The van der Waals surface area contributed by atoms with E-state index in [2.05, 4.69) is 0 Å². The third kappa shape index (κ3) is 1.35. The van der Waals surface area contributed by atoms with Crippen molar-refractivity contribution in [2.45, 2.75) is 25.9 Å². The van der Waals surface area contributed by atoms with Crippen molar-refractivity contribution >= 4 is 5.97 Å². The van der Waals surface area contributed by atoms with Gasteiger partial charge in [-0.25, -0.2) is 0 Å². The Hall–Kier alpha value is -1.51. The molecule has 0 fully saturated rings. The molecular weight excluding hydrogens is 180 g/mol. The van der Waals surface area contributed by atoms with Gasteiger partial charge in [0.2, 0.25) is 0 Å². The van der Waals surface area contributed by atoms with Gasteiger partial charge in [0, 0.05) is 5.56 Å². The number of carbonyl (C=O) groups excluding carboxylic acids is 1. The van der Waals surface area contributed by atoms with Crippen LogP contribution in [0.25, 0.3) is 0 Å². The molecule has 0 amide bonds. The lowest BCUT2D eigenvalue weighted by atomic mass is 9.95. The Morgan fingerprint density at radius 3 is 3.07 bits per heavy atom. The summed E-state index contributed by atoms with van der Waals surface area (Å²) in [4.78, 5) is 11.2. The minimum absolute atomic E-state index is 0.179. The number of fused-ring (bicyclic) bond motifs is 1. The summed E-state index contributed by atoms with van der Waals surface area (Å²) in [7, 11) is 0. The number of aromatic hydroxyl groups is 1. The number of benzene rings is 1. The maximum absolute atomic E-state index is 11.2. The molecule has 1 N–H and O–H groups in total. The van der Waals surface area contributed by atoms with E-state index in [1.165, 1.54) is 0 Å². The molecule has 0 unspecified atom stereocenters. The average Bonchev–Trinajstić information content (AvgIpc) is 2.18. The Morgan fingerprint density at radius 2 is 2.36 bits per heavy atom. The lowest BCUT2D eigenvalue weighted by molar-refractivity contribution is -0.150. The highest BCUT2D eigenvalue weighted by molar-refractivity contribution is 5.76. The van der Waals surface area contributed by atoms with E-state index in [9.17, 15) is 9.90 Å². The van der Waals surface area contributed by atoms with E-state index in [4.69, 9.17) is 4.74 Å². The molecule has 14 heavy (non-hydrogen) atoms. The summed E-state index contributed by atoms with van der Waals surface area (Å²) in [5.74, 6) is -0.0662. The van der Waals surface area contributed by atoms with E-state index in [0.29, 0.717) is 0 Å². The Labute approximate surface area is 82.3 Å². The smallest absolute Gasteiger partial charge is 0.311 e. The highest BCUT2D eigenvalue weighted by Crippen LogP contribution is 2.34. The van der Waals surface area contributed by atoms with Gasteiger partial charge in [-0.2, -0.15) is 0 Å². The summed E-state index contributed by atoms with van der Waals surface area (Å²) in [6.45, 7) is 1.96. The molecule has 1 aliphatic heterocycles. The van der Waals surface area contributed by atoms with Crippen LogP contribution in [0.1, 0.15) is 30.6 Å². The molecule has 0 spiro atoms. The van der Waals surface area contributed by atoms with Gasteiger partial charge < -0.3 is 9.84 Å². The summed E-state index contributed by atoms with van der Waals surface area (Å²) >= 11 is 0. The summed E-state index contributed by atoms with van der Waals surface area (Å²) in [5.41, 5.74) is 1.66. The first-order valence-electron chi connectivity index (χ1n) is 4.72. The fourth-order valence-corrected chi connectivity index (χ4v) is 1.80. The van der Waals surface area contributed by atoms with Crippen molar-refractivity contribution in [1.29, 1.82) is 0 Å². The van der Waals surface area contributed by atoms with Gasteiger partial charge in [-0.15, -0.1) is 0 Å². The molecule has 1 aromatic rings. The Bertz CT molecular complexity index is 371. The number of phenols is 1. The van der Waals surface area contributed by atoms with Crippen LogP contribution in [0.2, 0.25) is 0 Å². The molecular formula is C11H12O3. The van der Waals surface area contributed by atoms with Crippen LogP contribution in [0, 0.1) is 0 Å². The topological polar surface area (TPSA) is 46.5 Å². The highest BCUT2D eigenvalue weighted by Gasteiger charge is 2.26. The molecule has 3 nitrogen and oxygen atoms in total. The molecule has 1 aromatic carbocycles. The SMILES string of the molecule is CC[C@@H]1OC(=O)Cc2c(O)cccc21. The fourth-order valence-electron chi connectivity index (χ4n) is 1.80. The highest BCUT2D eigenvalue weighted by atomic mass is 16.5. The van der Waals surface area contributed by atoms with Crippen LogP contribution in [0.3, 0.4) is 0 Å². The first-order chi connectivity index (χ1) is 6.72. The van der Waals surface area contributed by atoms with E-state index in [0.717, 1.165) is 17.5 Å². The number of carbonyl (C=O) groups is 1. The van der Waals surface area contributed by atoms with Gasteiger partial charge in [-0.3, -0.25) is 4.79 Å². The lowest BCUT2D eigenvalue weighted by Crippen LogP contribution is -2.21. The summed E-state index contributed by atoms with van der Waals surface area (Å²) in [5, 5.41) is 9.58. The van der Waals surface area contributed by atoms with Crippen LogP contribution in [-0.2, 0) is 16.0 Å². The second-order valence-corrected chi connectivity index (χ2v) is 3.41. The van der Waals surface area contributed by atoms with E-state index in [1.54, 1.807) is 12.1 Å². The average molecular weight is 192 g/mol. The van der Waals surface area contributed by atoms with Crippen molar-refractivity contribution in [3.63, 3.8) is 0 Å². The molecule has 1 aliphatic rings. The second kappa shape index (κ2) is 3.33. The lowest BCUT2D eigenvalue weighted by Gasteiger charge is -2.24. The Morgan fingerprint density at radius 1 is 1.57 bits per heavy atom. The first-order valence-corrected chi connectivity index (χ1v) is 4.72. The van der Waals surface area contributed by atoms with Gasteiger partial charge >= 0.3 is 5.97 Å². The van der Waals surface area contributed by atoms with Gasteiger partial charge in [0.1, 0.15) is 11.9 Å². The van der Waals surface area contributed by atoms with Crippen molar-refractivity contribution in [2.24, 2.45) is 0 Å². The number of hydrogen-bond donors (Lipinski definition) is 1. The predicted octanol–water partition coefficient (Wildman–Crippen LogP) is 1.94. The van der Waals surface area contributed by atoms with Crippen molar-refractivity contribution in [2.75, 3.05) is 0 Å². The van der Waals surface area contributed by atoms with Crippen molar-refractivity contribution in [1.82, 2.24) is 0 Å². The molecule has 0 radical (unpaired) electrons. The van der Waals surface area contributed by atoms with E-state index < -0.39 is 0 Å². The largest absolute Gasteiger partial charge is 0.508 e. The Balaban J connectivity index is 2.50. The monoisotopic (exact) mass is 192 g/mol. The summed E-state index contributed by atoms with van der Waals surface area (Å²) < 4.78 is 5.17. The quantitative estimate of drug-likeness (QED) is 0.692. The number of hydrogen-bond acceptors (Lipinski definition) is 3. The van der Waals surface area contributed by atoms with E-state index >= 15 is 0 Å². The normalized spacial score (nSPS) is 20.1. The molecule has 0 bridgehead atoms. The summed E-state index contributed by atoms with van der Waals surface area (Å²) in [6, 6.07) is 5.27. The third-order valence-corrected chi connectivity index (χ3v) is 2.50. The van der Waals surface area contributed by atoms with Crippen LogP contribution in [-0.4, -0.2) is 11.1 Å². The predicted molar refractivity (Wildman–Crippen MR) is 50.9 cm³/mol. The number of ether oxygens (including phenoxy) is 1. The maximum atomic E-state index is 11.2. The zero-order valence-corrected chi connectivity index (χ0v) is 7.99. The molecule has 1 atom stereocenters. The van der Waals surface area contributed by atoms with Gasteiger partial charge in [-0.1, -0.05) is 19.1 Å². The molecule has 3 heteroatoms. The standard InChI is InChI=1S/C11H12O3/c1-2-10-7-4-3-5-9(12)8(7)6-11(13)14-10/h3-5,10,12H,2,6H2,1H3/t10-/m0/s1. The van der Waals surface area contributed by atoms with Gasteiger partial charge in [0.25, 0.3) is 0 Å². The second-order valence-electron chi connectivity index (χ2n) is 3.41. The number of esters is 1. The number of phenolic OH excluding ortho intramolecular Hbond substituents is 1. The number of cyclic esters (lactones) is 1. The molecule has 0 saturated heterocycles. The van der Waals surface area contributed by atoms with E-state index in [-0.39, 0.29) is 24.2 Å². The van der Waals surface area contributed by atoms with E-state index in [1.807, 2.05) is 13.0 Å². The molecule has 2 rings (SSSR count). The third-order valence-electron chi connectivity index (χ3n) is 2.50. The maximum Gasteiger partial charge on any atom is 0.311 e. The Kier molecular flexibility index (Phi) is 2.15. The van der Waals surface area contributed by atoms with Crippen LogP contribution in [0.15, 0.2) is 18.2 Å². The number of rotatable bonds is 1. The minimum Gasteiger partial charge on any atom is -0.508 e. The summed E-state index contributed by atoms with van der Waals surface area (Å²) in [6.07, 6.45) is 0.721. The van der Waals surface area contributed by atoms with Gasteiger partial charge in [0.15, 0.2) is 0 Å². The van der Waals surface area contributed by atoms with Crippen molar-refractivity contribution in [3.8, 4) is 5.75 Å². The molecule has 0 aliphatic carbocycles. The minimum atomic E-state index is -0.258. The van der Waals surface area contributed by atoms with Crippen LogP contribution >= 0.6 is 0 Å². The van der Waals surface area contributed by atoms with Gasteiger partial charge in [-0.05, 0) is 18.1 Å². The van der Waals surface area contributed by atoms with Crippen LogP contribution in [0.5, 0.6) is 5.75 Å². The zero-order valence-electron chi connectivity index (χ0n) is 7.99.